The van der Waals surface area contributed by atoms with Gasteiger partial charge in [-0.1, -0.05) is 38.6 Å². The van der Waals surface area contributed by atoms with Gasteiger partial charge in [0.25, 0.3) is 0 Å². The molecular formula is C11H12BrN3S. The fourth-order valence-electron chi connectivity index (χ4n) is 1.57. The lowest BCUT2D eigenvalue weighted by Crippen LogP contribution is -2.13. The number of aromatic nitrogens is 2. The fraction of sp³-hybridized carbons (Fsp3) is 0.273. The van der Waals surface area contributed by atoms with Gasteiger partial charge in [0.1, 0.15) is 0 Å². The van der Waals surface area contributed by atoms with Crippen LogP contribution in [0.3, 0.4) is 0 Å². The van der Waals surface area contributed by atoms with E-state index in [4.69, 9.17) is 5.73 Å². The molecule has 84 valence electrons. The molecule has 1 aromatic carbocycles. The Kier molecular flexibility index (Phi) is 3.68. The van der Waals surface area contributed by atoms with Gasteiger partial charge >= 0.3 is 0 Å². The molecule has 0 saturated carbocycles. The summed E-state index contributed by atoms with van der Waals surface area (Å²) in [5.74, 6) is 0. The average Bonchev–Trinajstić information content (AvgIpc) is 2.68. The van der Waals surface area contributed by atoms with Gasteiger partial charge in [-0.2, -0.15) is 0 Å². The number of hydrogen-bond acceptors (Lipinski definition) is 4. The molecule has 0 amide bonds. The number of nitrogens with two attached hydrogens (primary N) is 1. The lowest BCUT2D eigenvalue weighted by Gasteiger charge is -2.10. The highest BCUT2D eigenvalue weighted by atomic mass is 79.9. The van der Waals surface area contributed by atoms with E-state index in [0.29, 0.717) is 0 Å². The zero-order chi connectivity index (χ0) is 11.5. The molecule has 2 aromatic rings. The summed E-state index contributed by atoms with van der Waals surface area (Å²) in [7, 11) is 0. The van der Waals surface area contributed by atoms with Gasteiger partial charge in [-0.05, 0) is 36.5 Å². The van der Waals surface area contributed by atoms with Crippen LogP contribution in [0, 0.1) is 6.92 Å². The maximum atomic E-state index is 6.15. The van der Waals surface area contributed by atoms with Crippen LogP contribution in [0.25, 0.3) is 0 Å². The van der Waals surface area contributed by atoms with Crippen molar-refractivity contribution in [1.29, 1.82) is 0 Å². The molecule has 0 saturated heterocycles. The monoisotopic (exact) mass is 297 g/mol. The average molecular weight is 298 g/mol. The summed E-state index contributed by atoms with van der Waals surface area (Å²) in [5.41, 5.74) is 8.30. The molecule has 0 spiro atoms. The van der Waals surface area contributed by atoms with Gasteiger partial charge in [0.05, 0.1) is 10.6 Å². The minimum Gasteiger partial charge on any atom is -0.323 e. The Morgan fingerprint density at radius 1 is 1.44 bits per heavy atom. The van der Waals surface area contributed by atoms with Crippen LogP contribution in [-0.2, 0) is 6.42 Å². The van der Waals surface area contributed by atoms with Crippen molar-refractivity contribution in [1.82, 2.24) is 9.59 Å². The van der Waals surface area contributed by atoms with Crippen molar-refractivity contribution < 1.29 is 0 Å². The normalized spacial score (nSPS) is 12.7. The highest BCUT2D eigenvalue weighted by Gasteiger charge is 2.14. The topological polar surface area (TPSA) is 51.8 Å². The van der Waals surface area contributed by atoms with Crippen LogP contribution < -0.4 is 5.73 Å². The first-order valence-electron chi connectivity index (χ1n) is 4.96. The third kappa shape index (κ3) is 2.48. The molecule has 1 unspecified atom stereocenters. The van der Waals surface area contributed by atoms with E-state index in [1.54, 1.807) is 0 Å². The van der Waals surface area contributed by atoms with Crippen LogP contribution in [0.5, 0.6) is 0 Å². The molecular weight excluding hydrogens is 286 g/mol. The van der Waals surface area contributed by atoms with Gasteiger partial charge in [0, 0.05) is 10.5 Å². The highest BCUT2D eigenvalue weighted by molar-refractivity contribution is 9.10. The van der Waals surface area contributed by atoms with E-state index in [0.717, 1.165) is 21.5 Å². The number of halogens is 1. The standard InChI is InChI=1S/C11H12BrN3S/c1-7-11(16-15-14-7)10(13)6-8-4-2-3-5-9(8)12/h2-5,10H,6,13H2,1H3. The summed E-state index contributed by atoms with van der Waals surface area (Å²) >= 11 is 4.90. The summed E-state index contributed by atoms with van der Waals surface area (Å²) < 4.78 is 5.00. The lowest BCUT2D eigenvalue weighted by atomic mass is 10.0. The molecule has 0 aliphatic carbocycles. The molecule has 0 radical (unpaired) electrons. The van der Waals surface area contributed by atoms with Crippen LogP contribution in [0.1, 0.15) is 22.2 Å². The van der Waals surface area contributed by atoms with Gasteiger partial charge in [0.15, 0.2) is 0 Å². The number of rotatable bonds is 3. The van der Waals surface area contributed by atoms with Crippen molar-refractivity contribution in [2.24, 2.45) is 5.73 Å². The van der Waals surface area contributed by atoms with E-state index in [2.05, 4.69) is 31.6 Å². The Morgan fingerprint density at radius 3 is 2.81 bits per heavy atom. The van der Waals surface area contributed by atoms with E-state index < -0.39 is 0 Å². The maximum absolute atomic E-state index is 6.15. The Bertz CT molecular complexity index is 484. The van der Waals surface area contributed by atoms with Crippen molar-refractivity contribution in [3.8, 4) is 0 Å². The van der Waals surface area contributed by atoms with E-state index in [1.807, 2.05) is 25.1 Å². The zero-order valence-electron chi connectivity index (χ0n) is 8.85. The first kappa shape index (κ1) is 11.7. The first-order valence-corrected chi connectivity index (χ1v) is 6.53. The van der Waals surface area contributed by atoms with Crippen molar-refractivity contribution in [3.05, 3.63) is 44.9 Å². The van der Waals surface area contributed by atoms with Gasteiger partial charge < -0.3 is 5.73 Å². The Balaban J connectivity index is 2.17. The zero-order valence-corrected chi connectivity index (χ0v) is 11.3. The van der Waals surface area contributed by atoms with E-state index in [-0.39, 0.29) is 6.04 Å². The third-order valence-corrected chi connectivity index (χ3v) is 4.15. The van der Waals surface area contributed by atoms with Crippen LogP contribution in [0.4, 0.5) is 0 Å². The number of nitrogens with zero attached hydrogens (tertiary/aromatic N) is 2. The molecule has 1 aromatic heterocycles. The Morgan fingerprint density at radius 2 is 2.19 bits per heavy atom. The summed E-state index contributed by atoms with van der Waals surface area (Å²) in [6.45, 7) is 1.94. The third-order valence-electron chi connectivity index (χ3n) is 2.42. The van der Waals surface area contributed by atoms with Crippen molar-refractivity contribution >= 4 is 27.5 Å². The molecule has 5 heteroatoms. The largest absolute Gasteiger partial charge is 0.323 e. The Labute approximate surface area is 107 Å². The SMILES string of the molecule is Cc1nnsc1C(N)Cc1ccccc1Br. The summed E-state index contributed by atoms with van der Waals surface area (Å²) in [5, 5.41) is 3.98. The van der Waals surface area contributed by atoms with E-state index in [9.17, 15) is 0 Å². The maximum Gasteiger partial charge on any atom is 0.0772 e. The lowest BCUT2D eigenvalue weighted by molar-refractivity contribution is 0.726. The second kappa shape index (κ2) is 5.03. The molecule has 16 heavy (non-hydrogen) atoms. The van der Waals surface area contributed by atoms with E-state index >= 15 is 0 Å². The second-order valence-corrected chi connectivity index (χ2v) is 5.26. The molecule has 0 fully saturated rings. The van der Waals surface area contributed by atoms with Crippen molar-refractivity contribution in [3.63, 3.8) is 0 Å². The second-order valence-electron chi connectivity index (χ2n) is 3.62. The number of hydrogen-bond donors (Lipinski definition) is 1. The Hall–Kier alpha value is -0.780. The fourth-order valence-corrected chi connectivity index (χ4v) is 2.66. The molecule has 0 bridgehead atoms. The first-order chi connectivity index (χ1) is 7.68. The molecule has 2 rings (SSSR count). The molecule has 3 nitrogen and oxygen atoms in total. The van der Waals surface area contributed by atoms with Crippen LogP contribution in [-0.4, -0.2) is 9.59 Å². The molecule has 1 atom stereocenters. The predicted octanol–water partition coefficient (Wildman–Crippen LogP) is 2.85. The summed E-state index contributed by atoms with van der Waals surface area (Å²) in [6, 6.07) is 8.09. The number of benzene rings is 1. The smallest absolute Gasteiger partial charge is 0.0772 e. The summed E-state index contributed by atoms with van der Waals surface area (Å²) in [6.07, 6.45) is 0.798. The van der Waals surface area contributed by atoms with Gasteiger partial charge in [-0.25, -0.2) is 0 Å². The minimum atomic E-state index is -0.0290. The minimum absolute atomic E-state index is 0.0290. The van der Waals surface area contributed by atoms with Crippen molar-refractivity contribution in [2.45, 2.75) is 19.4 Å². The van der Waals surface area contributed by atoms with Gasteiger partial charge in [-0.15, -0.1) is 5.10 Å². The molecule has 1 heterocycles. The van der Waals surface area contributed by atoms with Crippen LogP contribution in [0.2, 0.25) is 0 Å². The molecule has 0 aliphatic heterocycles. The number of aryl methyl sites for hydroxylation is 1. The molecule has 2 N–H and O–H groups in total. The van der Waals surface area contributed by atoms with Crippen molar-refractivity contribution in [2.75, 3.05) is 0 Å². The van der Waals surface area contributed by atoms with Crippen LogP contribution in [0.15, 0.2) is 28.7 Å². The summed E-state index contributed by atoms with van der Waals surface area (Å²) in [4.78, 5) is 1.07. The van der Waals surface area contributed by atoms with E-state index in [1.165, 1.54) is 17.1 Å². The van der Waals surface area contributed by atoms with Gasteiger partial charge in [0.2, 0.25) is 0 Å². The quantitative estimate of drug-likeness (QED) is 0.948. The van der Waals surface area contributed by atoms with Crippen LogP contribution >= 0.6 is 27.5 Å². The predicted molar refractivity (Wildman–Crippen MR) is 69.4 cm³/mol. The molecule has 0 aliphatic rings. The highest BCUT2D eigenvalue weighted by Crippen LogP contribution is 2.25. The van der Waals surface area contributed by atoms with Gasteiger partial charge in [-0.3, -0.25) is 0 Å².